The molecular formula is C22H19N3O2S2. The number of rotatable bonds is 6. The van der Waals surface area contributed by atoms with E-state index in [1.165, 1.54) is 27.7 Å². The predicted octanol–water partition coefficient (Wildman–Crippen LogP) is 4.32. The van der Waals surface area contributed by atoms with Gasteiger partial charge in [0.25, 0.3) is 5.56 Å². The monoisotopic (exact) mass is 421 g/mol. The van der Waals surface area contributed by atoms with Crippen LogP contribution in [0.3, 0.4) is 0 Å². The molecule has 2 aromatic heterocycles. The van der Waals surface area contributed by atoms with Crippen molar-refractivity contribution in [3.63, 3.8) is 0 Å². The first-order valence-electron chi connectivity index (χ1n) is 9.10. The number of para-hydroxylation sites is 1. The summed E-state index contributed by atoms with van der Waals surface area (Å²) in [5.74, 6) is 0.157. The average molecular weight is 422 g/mol. The van der Waals surface area contributed by atoms with E-state index in [2.05, 4.69) is 4.98 Å². The van der Waals surface area contributed by atoms with E-state index in [0.29, 0.717) is 21.9 Å². The van der Waals surface area contributed by atoms with Crippen LogP contribution in [0, 0.1) is 0 Å². The van der Waals surface area contributed by atoms with Crippen molar-refractivity contribution >= 4 is 44.9 Å². The van der Waals surface area contributed by atoms with E-state index in [1.807, 2.05) is 66.0 Å². The Bertz CT molecular complexity index is 1190. The molecule has 2 aromatic carbocycles. The molecule has 1 amide bonds. The normalized spacial score (nSPS) is 10.9. The number of aromatic nitrogens is 2. The highest BCUT2D eigenvalue weighted by molar-refractivity contribution is 7.99. The van der Waals surface area contributed by atoms with Crippen molar-refractivity contribution in [1.29, 1.82) is 0 Å². The molecule has 7 heteroatoms. The molecule has 0 aliphatic carbocycles. The van der Waals surface area contributed by atoms with E-state index < -0.39 is 0 Å². The highest BCUT2D eigenvalue weighted by atomic mass is 32.2. The molecule has 4 rings (SSSR count). The van der Waals surface area contributed by atoms with Gasteiger partial charge in [-0.3, -0.25) is 14.2 Å². The zero-order chi connectivity index (χ0) is 20.2. The molecular weight excluding hydrogens is 402 g/mol. The van der Waals surface area contributed by atoms with Crippen molar-refractivity contribution in [3.05, 3.63) is 88.0 Å². The molecule has 5 nitrogen and oxygen atoms in total. The lowest BCUT2D eigenvalue weighted by Gasteiger charge is -2.23. The number of hydrogen-bond acceptors (Lipinski definition) is 5. The Morgan fingerprint density at radius 2 is 1.76 bits per heavy atom. The molecule has 2 heterocycles. The number of hydrogen-bond donors (Lipinski definition) is 0. The Labute approximate surface area is 176 Å². The van der Waals surface area contributed by atoms with Gasteiger partial charge in [0.1, 0.15) is 4.83 Å². The number of nitrogens with zero attached hydrogens (tertiary/aromatic N) is 3. The van der Waals surface area contributed by atoms with Crippen molar-refractivity contribution in [1.82, 2.24) is 9.55 Å². The summed E-state index contributed by atoms with van der Waals surface area (Å²) in [5, 5.41) is 3.02. The van der Waals surface area contributed by atoms with Gasteiger partial charge in [0.05, 0.1) is 17.7 Å². The summed E-state index contributed by atoms with van der Waals surface area (Å²) in [6, 6.07) is 21.3. The molecule has 0 bridgehead atoms. The molecule has 0 spiro atoms. The molecule has 0 fully saturated rings. The summed E-state index contributed by atoms with van der Waals surface area (Å²) in [4.78, 5) is 32.6. The lowest BCUT2D eigenvalue weighted by atomic mass is 10.2. The lowest BCUT2D eigenvalue weighted by molar-refractivity contribution is -0.116. The van der Waals surface area contributed by atoms with Crippen molar-refractivity contribution in [2.75, 3.05) is 10.7 Å². The van der Waals surface area contributed by atoms with Gasteiger partial charge in [-0.15, -0.1) is 11.3 Å². The van der Waals surface area contributed by atoms with Gasteiger partial charge in [0.15, 0.2) is 5.16 Å². The van der Waals surface area contributed by atoms with Crippen molar-refractivity contribution < 1.29 is 4.79 Å². The van der Waals surface area contributed by atoms with Crippen LogP contribution in [0.25, 0.3) is 10.2 Å². The molecule has 0 unspecified atom stereocenters. The molecule has 146 valence electrons. The molecule has 0 atom stereocenters. The van der Waals surface area contributed by atoms with Gasteiger partial charge in [-0.2, -0.15) is 0 Å². The molecule has 29 heavy (non-hydrogen) atoms. The van der Waals surface area contributed by atoms with Crippen LogP contribution in [0.1, 0.15) is 5.56 Å². The fourth-order valence-electron chi connectivity index (χ4n) is 3.01. The van der Waals surface area contributed by atoms with Gasteiger partial charge in [0, 0.05) is 12.7 Å². The van der Waals surface area contributed by atoms with E-state index in [-0.39, 0.29) is 17.2 Å². The first-order chi connectivity index (χ1) is 14.1. The number of anilines is 1. The number of carbonyl (C=O) groups is 1. The van der Waals surface area contributed by atoms with Crippen LogP contribution in [-0.4, -0.2) is 21.2 Å². The van der Waals surface area contributed by atoms with Crippen LogP contribution in [0.4, 0.5) is 5.69 Å². The molecule has 0 N–H and O–H groups in total. The van der Waals surface area contributed by atoms with Crippen LogP contribution < -0.4 is 10.5 Å². The van der Waals surface area contributed by atoms with Gasteiger partial charge in [-0.05, 0) is 29.1 Å². The zero-order valence-electron chi connectivity index (χ0n) is 15.8. The second kappa shape index (κ2) is 8.63. The Balaban J connectivity index is 1.57. The fraction of sp³-hybridized carbons (Fsp3) is 0.136. The molecule has 0 saturated carbocycles. The maximum Gasteiger partial charge on any atom is 0.262 e. The number of thiophene rings is 1. The predicted molar refractivity (Wildman–Crippen MR) is 120 cm³/mol. The van der Waals surface area contributed by atoms with Crippen molar-refractivity contribution in [3.8, 4) is 0 Å². The number of benzene rings is 2. The number of thioether (sulfide) groups is 1. The summed E-state index contributed by atoms with van der Waals surface area (Å²) in [6.45, 7) is 0.487. The third-order valence-electron chi connectivity index (χ3n) is 4.54. The molecule has 0 saturated heterocycles. The van der Waals surface area contributed by atoms with E-state index in [4.69, 9.17) is 0 Å². The lowest BCUT2D eigenvalue weighted by Crippen LogP contribution is -2.32. The minimum absolute atomic E-state index is 0.0365. The SMILES string of the molecule is Cn1c(SCC(=O)N(Cc2ccccc2)c2ccccc2)nc2sccc2c1=O. The highest BCUT2D eigenvalue weighted by Crippen LogP contribution is 2.23. The maximum absolute atomic E-state index is 13.1. The van der Waals surface area contributed by atoms with Gasteiger partial charge in [-0.1, -0.05) is 60.3 Å². The summed E-state index contributed by atoms with van der Waals surface area (Å²) >= 11 is 2.72. The van der Waals surface area contributed by atoms with Crippen LogP contribution >= 0.6 is 23.1 Å². The Morgan fingerprint density at radius 3 is 2.48 bits per heavy atom. The van der Waals surface area contributed by atoms with Gasteiger partial charge >= 0.3 is 0 Å². The number of carbonyl (C=O) groups excluding carboxylic acids is 1. The average Bonchev–Trinajstić information content (AvgIpc) is 3.23. The standard InChI is InChI=1S/C22H19N3O2S2/c1-24-21(27)18-12-13-28-20(18)23-22(24)29-15-19(26)25(17-10-6-3-7-11-17)14-16-8-4-2-5-9-16/h2-13H,14-15H2,1H3. The second-order valence-electron chi connectivity index (χ2n) is 6.49. The van der Waals surface area contributed by atoms with E-state index in [1.54, 1.807) is 18.0 Å². The van der Waals surface area contributed by atoms with Crippen LogP contribution in [0.2, 0.25) is 0 Å². The van der Waals surface area contributed by atoms with Crippen molar-refractivity contribution in [2.24, 2.45) is 7.05 Å². The maximum atomic E-state index is 13.1. The smallest absolute Gasteiger partial charge is 0.262 e. The third-order valence-corrected chi connectivity index (χ3v) is 6.36. The second-order valence-corrected chi connectivity index (χ2v) is 8.32. The number of amides is 1. The summed E-state index contributed by atoms with van der Waals surface area (Å²) in [5.41, 5.74) is 1.81. The Morgan fingerprint density at radius 1 is 1.07 bits per heavy atom. The Hall–Kier alpha value is -2.90. The first-order valence-corrected chi connectivity index (χ1v) is 11.0. The number of fused-ring (bicyclic) bond motifs is 1. The summed E-state index contributed by atoms with van der Waals surface area (Å²) < 4.78 is 1.51. The first kappa shape index (κ1) is 19.4. The van der Waals surface area contributed by atoms with E-state index >= 15 is 0 Å². The quantitative estimate of drug-likeness (QED) is 0.344. The Kier molecular flexibility index (Phi) is 5.78. The van der Waals surface area contributed by atoms with E-state index in [0.717, 1.165) is 11.3 Å². The minimum atomic E-state index is -0.0876. The summed E-state index contributed by atoms with van der Waals surface area (Å²) in [6.07, 6.45) is 0. The largest absolute Gasteiger partial charge is 0.307 e. The molecule has 0 aliphatic rings. The van der Waals surface area contributed by atoms with Gasteiger partial charge in [0.2, 0.25) is 5.91 Å². The minimum Gasteiger partial charge on any atom is -0.307 e. The highest BCUT2D eigenvalue weighted by Gasteiger charge is 2.18. The van der Waals surface area contributed by atoms with E-state index in [9.17, 15) is 9.59 Å². The van der Waals surface area contributed by atoms with Crippen molar-refractivity contribution in [2.45, 2.75) is 11.7 Å². The van der Waals surface area contributed by atoms with Crippen LogP contribution in [-0.2, 0) is 18.4 Å². The van der Waals surface area contributed by atoms with Crippen LogP contribution in [0.15, 0.2) is 82.1 Å². The van der Waals surface area contributed by atoms with Crippen LogP contribution in [0.5, 0.6) is 0 Å². The zero-order valence-corrected chi connectivity index (χ0v) is 17.5. The fourth-order valence-corrected chi connectivity index (χ4v) is 4.66. The van der Waals surface area contributed by atoms with Gasteiger partial charge < -0.3 is 4.90 Å². The topological polar surface area (TPSA) is 55.2 Å². The molecule has 4 aromatic rings. The summed E-state index contributed by atoms with van der Waals surface area (Å²) in [7, 11) is 1.69. The molecule has 0 radical (unpaired) electrons. The molecule has 0 aliphatic heterocycles. The third kappa shape index (κ3) is 4.26. The van der Waals surface area contributed by atoms with Gasteiger partial charge in [-0.25, -0.2) is 4.98 Å².